The van der Waals surface area contributed by atoms with Crippen molar-refractivity contribution in [1.29, 1.82) is 0 Å². The van der Waals surface area contributed by atoms with E-state index in [1.165, 1.54) is 0 Å². The minimum atomic E-state index is -1.08. The zero-order valence-electron chi connectivity index (χ0n) is 5.93. The molecule has 0 aliphatic rings. The van der Waals surface area contributed by atoms with Crippen LogP contribution in [0, 0.1) is 13.8 Å². The van der Waals surface area contributed by atoms with Crippen LogP contribution in [0.1, 0.15) is 0 Å². The SMILES string of the molecule is C[N]=[Fe].[CH2-]C(=O)O.[CH2-]C(=O)O. The van der Waals surface area contributed by atoms with Crippen molar-refractivity contribution in [2.45, 2.75) is 0 Å². The first-order chi connectivity index (χ1) is 4.88. The molecule has 0 saturated carbocycles. The van der Waals surface area contributed by atoms with E-state index in [0.29, 0.717) is 0 Å². The summed E-state index contributed by atoms with van der Waals surface area (Å²) in [5.41, 5.74) is 0. The van der Waals surface area contributed by atoms with Crippen molar-refractivity contribution in [3.05, 3.63) is 13.8 Å². The predicted molar refractivity (Wildman–Crippen MR) is 34.3 cm³/mol. The molecule has 0 spiro atoms. The van der Waals surface area contributed by atoms with Crippen molar-refractivity contribution in [3.63, 3.8) is 0 Å². The molecule has 0 aliphatic heterocycles. The Morgan fingerprint density at radius 3 is 1.27 bits per heavy atom. The molecule has 68 valence electrons. The van der Waals surface area contributed by atoms with Crippen LogP contribution >= 0.6 is 0 Å². The maximum Gasteiger partial charge on any atom is 0.161 e. The van der Waals surface area contributed by atoms with Crippen LogP contribution < -0.4 is 0 Å². The summed E-state index contributed by atoms with van der Waals surface area (Å²) in [6.45, 7) is 5.11. The van der Waals surface area contributed by atoms with E-state index in [1.807, 2.05) is 0 Å². The third-order valence-electron chi connectivity index (χ3n) is 0. The van der Waals surface area contributed by atoms with Crippen LogP contribution in [0.25, 0.3) is 0 Å². The molecule has 5 nitrogen and oxygen atoms in total. The molecule has 0 aromatic carbocycles. The molecule has 0 unspecified atom stereocenters. The number of aliphatic carboxylic acids is 2. The summed E-state index contributed by atoms with van der Waals surface area (Å²) in [5.74, 6) is -2.17. The summed E-state index contributed by atoms with van der Waals surface area (Å²) in [4.78, 5) is 17.8. The first-order valence-corrected chi connectivity index (χ1v) is 2.66. The molecule has 0 radical (unpaired) electrons. The van der Waals surface area contributed by atoms with Crippen molar-refractivity contribution in [2.24, 2.45) is 3.96 Å². The van der Waals surface area contributed by atoms with Crippen LogP contribution in [0.2, 0.25) is 0 Å². The fourth-order valence-corrected chi connectivity index (χ4v) is 0. The van der Waals surface area contributed by atoms with Crippen molar-refractivity contribution in [1.82, 2.24) is 0 Å². The Bertz CT molecular complexity index is 106. The van der Waals surface area contributed by atoms with Crippen LogP contribution in [0.5, 0.6) is 0 Å². The summed E-state index contributed by atoms with van der Waals surface area (Å²) in [6.07, 6.45) is 0. The second kappa shape index (κ2) is 16.0. The van der Waals surface area contributed by atoms with E-state index in [0.717, 1.165) is 0 Å². The van der Waals surface area contributed by atoms with Gasteiger partial charge in [0.25, 0.3) is 0 Å². The molecule has 0 atom stereocenters. The van der Waals surface area contributed by atoms with Gasteiger partial charge < -0.3 is 10.2 Å². The Hall–Kier alpha value is -1.00. The number of carbonyl (C=O) groups is 2. The number of nitrogens with zero attached hydrogens (tertiary/aromatic N) is 1. The van der Waals surface area contributed by atoms with Gasteiger partial charge in [-0.25, -0.2) is 0 Å². The number of hydrogen-bond acceptors (Lipinski definition) is 3. The fourth-order valence-electron chi connectivity index (χ4n) is 0. The average Bonchev–Trinajstić information content (AvgIpc) is 1.60. The van der Waals surface area contributed by atoms with Gasteiger partial charge in [0.15, 0.2) is 11.9 Å². The Kier molecular flexibility index (Phi) is 24.0. The van der Waals surface area contributed by atoms with E-state index in [2.05, 4.69) is 33.6 Å². The van der Waals surface area contributed by atoms with E-state index in [9.17, 15) is 0 Å². The van der Waals surface area contributed by atoms with Crippen LogP contribution in [-0.4, -0.2) is 29.2 Å². The van der Waals surface area contributed by atoms with Crippen LogP contribution in [0.3, 0.4) is 0 Å². The number of rotatable bonds is 0. The normalized spacial score (nSPS) is 5.64. The zero-order chi connectivity index (χ0) is 9.86. The molecular weight excluding hydrogens is 194 g/mol. The minimum absolute atomic E-state index is 1.08. The van der Waals surface area contributed by atoms with Gasteiger partial charge >= 0.3 is 26.8 Å². The number of carboxylic acid groups (broad SMARTS) is 2. The van der Waals surface area contributed by atoms with E-state index in [1.54, 1.807) is 7.05 Å². The molecule has 0 aromatic rings. The molecule has 0 aromatic heterocycles. The van der Waals surface area contributed by atoms with Gasteiger partial charge in [-0.2, -0.15) is 0 Å². The molecule has 0 aliphatic carbocycles. The topological polar surface area (TPSA) is 87.0 Å². The van der Waals surface area contributed by atoms with Gasteiger partial charge in [-0.1, -0.05) is 0 Å². The smallest absolute Gasteiger partial charge is 0.161 e. The molecular formula is C5H9FeNO4-2. The first kappa shape index (κ1) is 16.5. The molecule has 0 bridgehead atoms. The Morgan fingerprint density at radius 1 is 1.27 bits per heavy atom. The molecule has 0 rings (SSSR count). The van der Waals surface area contributed by atoms with E-state index >= 15 is 0 Å². The van der Waals surface area contributed by atoms with Crippen LogP contribution in [0.4, 0.5) is 0 Å². The molecule has 0 fully saturated rings. The monoisotopic (exact) mass is 203 g/mol. The van der Waals surface area contributed by atoms with Crippen molar-refractivity contribution >= 4 is 11.9 Å². The first-order valence-electron chi connectivity index (χ1n) is 2.17. The Labute approximate surface area is 73.0 Å². The third-order valence-corrected chi connectivity index (χ3v) is 0. The van der Waals surface area contributed by atoms with Gasteiger partial charge in [0.05, 0.1) is 0 Å². The predicted octanol–water partition coefficient (Wildman–Crippen LogP) is 0.157. The van der Waals surface area contributed by atoms with Crippen molar-refractivity contribution < 1.29 is 35.6 Å². The molecule has 0 saturated heterocycles. The fraction of sp³-hybridized carbons (Fsp3) is 0.200. The molecule has 2 N–H and O–H groups in total. The van der Waals surface area contributed by atoms with Crippen molar-refractivity contribution in [2.75, 3.05) is 7.05 Å². The van der Waals surface area contributed by atoms with E-state index in [-0.39, 0.29) is 0 Å². The zero-order valence-corrected chi connectivity index (χ0v) is 7.03. The summed E-state index contributed by atoms with van der Waals surface area (Å²) in [7, 11) is 1.64. The maximum atomic E-state index is 8.89. The molecule has 0 heterocycles. The second-order valence-corrected chi connectivity index (χ2v) is 1.44. The molecule has 11 heavy (non-hydrogen) atoms. The maximum absolute atomic E-state index is 8.89. The van der Waals surface area contributed by atoms with Gasteiger partial charge in [-0.05, 0) is 0 Å². The largest absolute Gasteiger partial charge is 0.503 e. The minimum Gasteiger partial charge on any atom is -0.503 e. The Morgan fingerprint density at radius 2 is 1.27 bits per heavy atom. The third kappa shape index (κ3) is 440. The Balaban J connectivity index is -0.0000000886. The summed E-state index contributed by atoms with van der Waals surface area (Å²) in [5, 5.41) is 14.6. The van der Waals surface area contributed by atoms with Crippen LogP contribution in [0.15, 0.2) is 3.96 Å². The summed E-state index contributed by atoms with van der Waals surface area (Å²) in [6, 6.07) is 0. The van der Waals surface area contributed by atoms with Crippen molar-refractivity contribution in [3.8, 4) is 0 Å². The average molecular weight is 203 g/mol. The summed E-state index contributed by atoms with van der Waals surface area (Å²) < 4.78 is 3.25. The number of hydrogen-bond donors (Lipinski definition) is 2. The van der Waals surface area contributed by atoms with Gasteiger partial charge in [-0.15, -0.1) is 0 Å². The van der Waals surface area contributed by atoms with E-state index in [4.69, 9.17) is 19.8 Å². The number of carboxylic acids is 2. The molecule has 6 heteroatoms. The molecule has 0 amide bonds. The second-order valence-electron chi connectivity index (χ2n) is 0.946. The van der Waals surface area contributed by atoms with Gasteiger partial charge in [0.2, 0.25) is 0 Å². The van der Waals surface area contributed by atoms with Gasteiger partial charge in [0, 0.05) is 0 Å². The van der Waals surface area contributed by atoms with Gasteiger partial charge in [0.1, 0.15) is 0 Å². The van der Waals surface area contributed by atoms with Crippen LogP contribution in [-0.2, 0) is 25.4 Å². The quantitative estimate of drug-likeness (QED) is 0.433. The van der Waals surface area contributed by atoms with E-state index < -0.39 is 11.9 Å². The standard InChI is InChI=1S/2C2H3O2.CH3N.Fe/c2*1-2(3)4;1-2;/h2*1H2,(H,3,4);1H3;/q2*-1;;. The summed E-state index contributed by atoms with van der Waals surface area (Å²) >= 11 is 3.11. The van der Waals surface area contributed by atoms with Gasteiger partial charge in [-0.3, -0.25) is 23.4 Å².